The second-order valence-corrected chi connectivity index (χ2v) is 10.9. The van der Waals surface area contributed by atoms with Crippen LogP contribution in [-0.4, -0.2) is 4.57 Å². The quantitative estimate of drug-likeness (QED) is 0.216. The van der Waals surface area contributed by atoms with Crippen LogP contribution in [0.4, 0.5) is 0 Å². The molecule has 184 valence electrons. The van der Waals surface area contributed by atoms with E-state index in [2.05, 4.69) is 120 Å². The van der Waals surface area contributed by atoms with Gasteiger partial charge in [-0.15, -0.1) is 0 Å². The van der Waals surface area contributed by atoms with Gasteiger partial charge in [-0.2, -0.15) is 0 Å². The standard InChI is InChI=1S/C38H21NO/c1-2-9-25-24(8-1)28-12-7-13-30-34(17-16-29(25)38(28)30)39-33-14-5-3-10-26(33)31-18-22-19-32-27-11-4-6-15-36(27)40-37(32)21-23(22)20-35(31)39/h1-21H. The molecule has 0 saturated heterocycles. The molecule has 0 amide bonds. The van der Waals surface area contributed by atoms with Crippen LogP contribution in [0.5, 0.6) is 0 Å². The number of rotatable bonds is 1. The molecule has 2 heteroatoms. The van der Waals surface area contributed by atoms with Gasteiger partial charge >= 0.3 is 0 Å². The average molecular weight is 508 g/mol. The molecule has 1 aliphatic carbocycles. The van der Waals surface area contributed by atoms with E-state index < -0.39 is 0 Å². The summed E-state index contributed by atoms with van der Waals surface area (Å²) >= 11 is 0. The fourth-order valence-electron chi connectivity index (χ4n) is 7.18. The summed E-state index contributed by atoms with van der Waals surface area (Å²) in [6, 6.07) is 46.4. The molecule has 0 N–H and O–H groups in total. The highest BCUT2D eigenvalue weighted by atomic mass is 16.3. The molecule has 0 aliphatic heterocycles. The van der Waals surface area contributed by atoms with E-state index in [1.165, 1.54) is 76.7 Å². The second kappa shape index (κ2) is 7.19. The van der Waals surface area contributed by atoms with Gasteiger partial charge in [-0.25, -0.2) is 0 Å². The van der Waals surface area contributed by atoms with Crippen LogP contribution in [-0.2, 0) is 0 Å². The van der Waals surface area contributed by atoms with Gasteiger partial charge < -0.3 is 8.98 Å². The molecule has 7 aromatic carbocycles. The Kier molecular flexibility index (Phi) is 3.70. The van der Waals surface area contributed by atoms with E-state index in [0.717, 1.165) is 16.6 Å². The molecule has 40 heavy (non-hydrogen) atoms. The number of benzene rings is 7. The Labute approximate surface area is 229 Å². The predicted octanol–water partition coefficient (Wildman–Crippen LogP) is 10.6. The van der Waals surface area contributed by atoms with Crippen molar-refractivity contribution in [1.29, 1.82) is 0 Å². The predicted molar refractivity (Wildman–Crippen MR) is 168 cm³/mol. The van der Waals surface area contributed by atoms with Gasteiger partial charge in [-0.1, -0.05) is 84.9 Å². The lowest BCUT2D eigenvalue weighted by atomic mass is 10.0. The number of hydrogen-bond acceptors (Lipinski definition) is 1. The van der Waals surface area contributed by atoms with Crippen molar-refractivity contribution in [3.8, 4) is 27.9 Å². The molecule has 2 nitrogen and oxygen atoms in total. The van der Waals surface area contributed by atoms with E-state index in [9.17, 15) is 0 Å². The number of aromatic nitrogens is 1. The summed E-state index contributed by atoms with van der Waals surface area (Å²) in [5.41, 5.74) is 10.8. The summed E-state index contributed by atoms with van der Waals surface area (Å²) in [4.78, 5) is 0. The fraction of sp³-hybridized carbons (Fsp3) is 0. The van der Waals surface area contributed by atoms with Crippen molar-refractivity contribution in [3.05, 3.63) is 127 Å². The topological polar surface area (TPSA) is 18.1 Å². The van der Waals surface area contributed by atoms with Crippen LogP contribution in [0.1, 0.15) is 0 Å². The molecular weight excluding hydrogens is 486 g/mol. The van der Waals surface area contributed by atoms with Crippen molar-refractivity contribution in [2.24, 2.45) is 0 Å². The number of para-hydroxylation sites is 2. The van der Waals surface area contributed by atoms with E-state index in [1.54, 1.807) is 0 Å². The zero-order chi connectivity index (χ0) is 25.9. The monoisotopic (exact) mass is 507 g/mol. The molecule has 2 heterocycles. The third-order valence-electron chi connectivity index (χ3n) is 8.89. The fourth-order valence-corrected chi connectivity index (χ4v) is 7.18. The Hall–Kier alpha value is -5.34. The van der Waals surface area contributed by atoms with E-state index in [-0.39, 0.29) is 0 Å². The summed E-state index contributed by atoms with van der Waals surface area (Å²) in [6.45, 7) is 0. The lowest BCUT2D eigenvalue weighted by molar-refractivity contribution is 0.669. The third-order valence-corrected chi connectivity index (χ3v) is 8.89. The second-order valence-electron chi connectivity index (χ2n) is 10.9. The zero-order valence-corrected chi connectivity index (χ0v) is 21.5. The van der Waals surface area contributed by atoms with Crippen LogP contribution < -0.4 is 0 Å². The van der Waals surface area contributed by atoms with Gasteiger partial charge in [-0.3, -0.25) is 0 Å². The smallest absolute Gasteiger partial charge is 0.136 e. The Morgan fingerprint density at radius 2 is 1.07 bits per heavy atom. The minimum Gasteiger partial charge on any atom is -0.456 e. The maximum atomic E-state index is 6.26. The molecule has 0 spiro atoms. The highest BCUT2D eigenvalue weighted by Crippen LogP contribution is 2.49. The Balaban J connectivity index is 1.33. The van der Waals surface area contributed by atoms with E-state index >= 15 is 0 Å². The molecule has 0 saturated carbocycles. The first-order valence-electron chi connectivity index (χ1n) is 13.8. The lowest BCUT2D eigenvalue weighted by Gasteiger charge is -2.13. The number of nitrogens with zero attached hydrogens (tertiary/aromatic N) is 1. The number of furan rings is 1. The van der Waals surface area contributed by atoms with E-state index in [0.29, 0.717) is 0 Å². The summed E-state index contributed by atoms with van der Waals surface area (Å²) in [7, 11) is 0. The molecule has 10 rings (SSSR count). The number of fused-ring (bicyclic) bond motifs is 10. The molecule has 1 aliphatic rings. The molecule has 0 unspecified atom stereocenters. The van der Waals surface area contributed by atoms with Gasteiger partial charge in [0.2, 0.25) is 0 Å². The number of hydrogen-bond donors (Lipinski definition) is 0. The van der Waals surface area contributed by atoms with Crippen molar-refractivity contribution in [3.63, 3.8) is 0 Å². The summed E-state index contributed by atoms with van der Waals surface area (Å²) in [5, 5.41) is 9.89. The van der Waals surface area contributed by atoms with Crippen molar-refractivity contribution in [2.45, 2.75) is 0 Å². The van der Waals surface area contributed by atoms with Gasteiger partial charge in [-0.05, 0) is 80.9 Å². The molecule has 0 radical (unpaired) electrons. The molecule has 0 fully saturated rings. The van der Waals surface area contributed by atoms with Crippen molar-refractivity contribution in [2.75, 3.05) is 0 Å². The van der Waals surface area contributed by atoms with Crippen LogP contribution in [0.15, 0.2) is 132 Å². The molecule has 0 bridgehead atoms. The van der Waals surface area contributed by atoms with Crippen LogP contribution in [0.25, 0.3) is 93.2 Å². The summed E-state index contributed by atoms with van der Waals surface area (Å²) < 4.78 is 8.72. The van der Waals surface area contributed by atoms with Gasteiger partial charge in [0.15, 0.2) is 0 Å². The zero-order valence-electron chi connectivity index (χ0n) is 21.5. The average Bonchev–Trinajstić information content (AvgIpc) is 3.64. The van der Waals surface area contributed by atoms with Crippen LogP contribution in [0.2, 0.25) is 0 Å². The van der Waals surface area contributed by atoms with Crippen LogP contribution in [0.3, 0.4) is 0 Å². The first kappa shape index (κ1) is 20.6. The van der Waals surface area contributed by atoms with Crippen molar-refractivity contribution >= 4 is 65.3 Å². The van der Waals surface area contributed by atoms with E-state index in [1.807, 2.05) is 12.1 Å². The SMILES string of the molecule is c1ccc2c(c1)-c1cccc3c(-n4c5ccccc5c5cc6cc7c(cc6cc54)oc4ccccc47)ccc-2c13. The summed E-state index contributed by atoms with van der Waals surface area (Å²) in [5.74, 6) is 0. The molecule has 0 atom stereocenters. The first-order chi connectivity index (χ1) is 19.8. The van der Waals surface area contributed by atoms with Crippen molar-refractivity contribution in [1.82, 2.24) is 4.57 Å². The van der Waals surface area contributed by atoms with Gasteiger partial charge in [0.25, 0.3) is 0 Å². The van der Waals surface area contributed by atoms with Crippen LogP contribution >= 0.6 is 0 Å². The Morgan fingerprint density at radius 1 is 0.400 bits per heavy atom. The Bertz CT molecular complexity index is 2510. The molecule has 9 aromatic rings. The minimum absolute atomic E-state index is 0.929. The maximum absolute atomic E-state index is 6.26. The van der Waals surface area contributed by atoms with Gasteiger partial charge in [0.05, 0.1) is 16.7 Å². The molecular formula is C38H21NO. The lowest BCUT2D eigenvalue weighted by Crippen LogP contribution is -1.95. The third kappa shape index (κ3) is 2.49. The minimum atomic E-state index is 0.929. The normalized spacial score (nSPS) is 12.5. The van der Waals surface area contributed by atoms with Crippen LogP contribution in [0, 0.1) is 0 Å². The van der Waals surface area contributed by atoms with Crippen molar-refractivity contribution < 1.29 is 4.42 Å². The summed E-state index contributed by atoms with van der Waals surface area (Å²) in [6.07, 6.45) is 0. The first-order valence-corrected chi connectivity index (χ1v) is 13.8. The molecule has 2 aromatic heterocycles. The maximum Gasteiger partial charge on any atom is 0.136 e. The van der Waals surface area contributed by atoms with Gasteiger partial charge in [0.1, 0.15) is 11.2 Å². The highest BCUT2D eigenvalue weighted by molar-refractivity contribution is 6.20. The Morgan fingerprint density at radius 3 is 1.98 bits per heavy atom. The van der Waals surface area contributed by atoms with Gasteiger partial charge in [0, 0.05) is 26.9 Å². The van der Waals surface area contributed by atoms with E-state index in [4.69, 9.17) is 4.42 Å². The highest BCUT2D eigenvalue weighted by Gasteiger charge is 2.23. The largest absolute Gasteiger partial charge is 0.456 e.